The van der Waals surface area contributed by atoms with Crippen LogP contribution in [0.4, 0.5) is 34.1 Å². The summed E-state index contributed by atoms with van der Waals surface area (Å²) in [7, 11) is 0. The third-order valence-corrected chi connectivity index (χ3v) is 9.09. The molecule has 0 unspecified atom stereocenters. The van der Waals surface area contributed by atoms with Crippen molar-refractivity contribution < 1.29 is 0 Å². The summed E-state index contributed by atoms with van der Waals surface area (Å²) in [6.45, 7) is 8.53. The van der Waals surface area contributed by atoms with Crippen LogP contribution in [0.3, 0.4) is 0 Å². The summed E-state index contributed by atoms with van der Waals surface area (Å²) in [6, 6.07) is 61.2. The van der Waals surface area contributed by atoms with Crippen molar-refractivity contribution >= 4 is 46.3 Å². The molecule has 0 aliphatic heterocycles. The van der Waals surface area contributed by atoms with Crippen molar-refractivity contribution in [2.45, 2.75) is 27.7 Å². The lowest BCUT2D eigenvalue weighted by atomic mass is 10.0. The topological polar surface area (TPSA) is 6.48 Å². The maximum absolute atomic E-state index is 2.32. The van der Waals surface area contributed by atoms with Crippen LogP contribution in [0.1, 0.15) is 33.4 Å². The van der Waals surface area contributed by atoms with Crippen molar-refractivity contribution in [3.05, 3.63) is 203 Å². The fourth-order valence-corrected chi connectivity index (χ4v) is 6.33. The van der Waals surface area contributed by atoms with Crippen molar-refractivity contribution in [3.63, 3.8) is 0 Å². The van der Waals surface area contributed by atoms with E-state index < -0.39 is 0 Å². The summed E-state index contributed by atoms with van der Waals surface area (Å²) in [5, 5.41) is 0. The van der Waals surface area contributed by atoms with Crippen LogP contribution in [0.25, 0.3) is 23.3 Å². The third-order valence-electron chi connectivity index (χ3n) is 9.09. The number of nitrogens with zero attached hydrogens (tertiary/aromatic N) is 2. The van der Waals surface area contributed by atoms with E-state index >= 15 is 0 Å². The molecule has 0 aliphatic rings. The molecule has 0 heterocycles. The smallest absolute Gasteiger partial charge is 0.0464 e. The fourth-order valence-electron chi connectivity index (χ4n) is 6.33. The van der Waals surface area contributed by atoms with Crippen LogP contribution < -0.4 is 9.80 Å². The molecule has 7 aromatic rings. The van der Waals surface area contributed by atoms with Gasteiger partial charge in [-0.15, -0.1) is 0 Å². The number of hydrogen-bond donors (Lipinski definition) is 0. The summed E-state index contributed by atoms with van der Waals surface area (Å²) < 4.78 is 0. The van der Waals surface area contributed by atoms with Crippen molar-refractivity contribution in [1.29, 1.82) is 0 Å². The maximum Gasteiger partial charge on any atom is 0.0464 e. The van der Waals surface area contributed by atoms with Gasteiger partial charge < -0.3 is 9.80 Å². The molecule has 0 saturated heterocycles. The quantitative estimate of drug-likeness (QED) is 0.144. The Morgan fingerprint density at radius 2 is 0.620 bits per heavy atom. The molecule has 0 atom stereocenters. The molecule has 2 nitrogen and oxygen atoms in total. The Kier molecular flexibility index (Phi) is 9.44. The van der Waals surface area contributed by atoms with Gasteiger partial charge in [-0.1, -0.05) is 120 Å². The lowest BCUT2D eigenvalue weighted by Crippen LogP contribution is -2.10. The van der Waals surface area contributed by atoms with E-state index in [1.807, 2.05) is 0 Å². The van der Waals surface area contributed by atoms with E-state index in [1.165, 1.54) is 38.9 Å². The van der Waals surface area contributed by atoms with Gasteiger partial charge in [0.2, 0.25) is 0 Å². The normalized spacial score (nSPS) is 11.1. The predicted molar refractivity (Wildman–Crippen MR) is 216 cm³/mol. The first-order valence-corrected chi connectivity index (χ1v) is 17.3. The molecular formula is C48H42N2. The van der Waals surface area contributed by atoms with Crippen molar-refractivity contribution in [1.82, 2.24) is 0 Å². The molecule has 0 aromatic heterocycles. The minimum atomic E-state index is 1.13. The zero-order valence-corrected chi connectivity index (χ0v) is 29.2. The molecule has 0 bridgehead atoms. The fraction of sp³-hybridized carbons (Fsp3) is 0.0833. The molecule has 7 rings (SSSR count). The number of hydrogen-bond acceptors (Lipinski definition) is 2. The van der Waals surface area contributed by atoms with Crippen LogP contribution in [0.2, 0.25) is 0 Å². The molecule has 244 valence electrons. The lowest BCUT2D eigenvalue weighted by Gasteiger charge is -2.26. The Balaban J connectivity index is 1.07. The molecule has 7 aromatic carbocycles. The Hall–Kier alpha value is -6.12. The van der Waals surface area contributed by atoms with Gasteiger partial charge in [0.15, 0.2) is 0 Å². The minimum absolute atomic E-state index is 1.13. The highest BCUT2D eigenvalue weighted by Crippen LogP contribution is 2.37. The first-order valence-electron chi connectivity index (χ1n) is 17.3. The second-order valence-electron chi connectivity index (χ2n) is 13.1. The molecule has 0 saturated carbocycles. The van der Waals surface area contributed by atoms with Crippen LogP contribution in [0.5, 0.6) is 0 Å². The summed E-state index contributed by atoms with van der Waals surface area (Å²) in [5.41, 5.74) is 16.6. The van der Waals surface area contributed by atoms with Gasteiger partial charge in [-0.05, 0) is 134 Å². The highest BCUT2D eigenvalue weighted by Gasteiger charge is 2.14. The van der Waals surface area contributed by atoms with E-state index in [4.69, 9.17) is 0 Å². The van der Waals surface area contributed by atoms with Gasteiger partial charge >= 0.3 is 0 Å². The van der Waals surface area contributed by atoms with E-state index in [1.54, 1.807) is 0 Å². The van der Waals surface area contributed by atoms with Crippen LogP contribution >= 0.6 is 0 Å². The summed E-state index contributed by atoms with van der Waals surface area (Å²) in [4.78, 5) is 4.63. The predicted octanol–water partition coefficient (Wildman–Crippen LogP) is 13.7. The van der Waals surface area contributed by atoms with Crippen molar-refractivity contribution in [3.8, 4) is 11.1 Å². The SMILES string of the molecule is Cc1ccc(N(c2ccc(C=Cc3ccc(-c4ccc(N(c5ccc(C)cc5)c5cccc(C)c5)cc4)cc3)cc2)c2cccc(C)c2)cc1. The van der Waals surface area contributed by atoms with Crippen LogP contribution in [-0.4, -0.2) is 0 Å². The molecule has 0 aliphatic carbocycles. The van der Waals surface area contributed by atoms with Crippen LogP contribution in [0.15, 0.2) is 170 Å². The third kappa shape index (κ3) is 7.46. The van der Waals surface area contributed by atoms with Crippen molar-refractivity contribution in [2.75, 3.05) is 9.80 Å². The zero-order valence-electron chi connectivity index (χ0n) is 29.2. The van der Waals surface area contributed by atoms with E-state index in [2.05, 4.69) is 220 Å². The highest BCUT2D eigenvalue weighted by molar-refractivity contribution is 5.80. The first kappa shape index (κ1) is 32.4. The molecule has 0 spiro atoms. The Labute approximate surface area is 297 Å². The van der Waals surface area contributed by atoms with E-state index in [9.17, 15) is 0 Å². The maximum atomic E-state index is 2.32. The van der Waals surface area contributed by atoms with Crippen LogP contribution in [0, 0.1) is 27.7 Å². The van der Waals surface area contributed by atoms with Crippen LogP contribution in [-0.2, 0) is 0 Å². The molecule has 0 fully saturated rings. The molecule has 0 radical (unpaired) electrons. The average molecular weight is 647 g/mol. The average Bonchev–Trinajstić information content (AvgIpc) is 3.14. The Morgan fingerprint density at radius 1 is 0.300 bits per heavy atom. The molecule has 2 heteroatoms. The molecule has 0 amide bonds. The summed E-state index contributed by atoms with van der Waals surface area (Å²) in [6.07, 6.45) is 4.36. The van der Waals surface area contributed by atoms with Gasteiger partial charge in [-0.3, -0.25) is 0 Å². The van der Waals surface area contributed by atoms with E-state index in [-0.39, 0.29) is 0 Å². The van der Waals surface area contributed by atoms with Gasteiger partial charge in [-0.25, -0.2) is 0 Å². The standard InChI is InChI=1S/C48H42N2/c1-35-11-25-43(26-12-35)49(47-9-5-7-37(3)33-47)45-29-19-40(20-30-45)16-15-39-17-21-41(22-18-39)42-23-31-46(32-24-42)50(44-27-13-36(2)14-28-44)48-10-6-8-38(4)34-48/h5-34H,1-4H3. The molecular weight excluding hydrogens is 605 g/mol. The first-order chi connectivity index (χ1) is 24.4. The second kappa shape index (κ2) is 14.6. The van der Waals surface area contributed by atoms with E-state index in [0.29, 0.717) is 0 Å². The monoisotopic (exact) mass is 646 g/mol. The number of rotatable bonds is 9. The van der Waals surface area contributed by atoms with Crippen molar-refractivity contribution in [2.24, 2.45) is 0 Å². The number of anilines is 6. The second-order valence-corrected chi connectivity index (χ2v) is 13.1. The largest absolute Gasteiger partial charge is 0.310 e. The summed E-state index contributed by atoms with van der Waals surface area (Å²) >= 11 is 0. The Bertz CT molecular complexity index is 2210. The number of benzene rings is 7. The minimum Gasteiger partial charge on any atom is -0.310 e. The molecule has 50 heavy (non-hydrogen) atoms. The Morgan fingerprint density at radius 3 is 1.00 bits per heavy atom. The van der Waals surface area contributed by atoms with E-state index in [0.717, 1.165) is 39.7 Å². The lowest BCUT2D eigenvalue weighted by molar-refractivity contribution is 1.26. The molecule has 0 N–H and O–H groups in total. The number of aryl methyl sites for hydroxylation is 4. The zero-order chi connectivity index (χ0) is 34.5. The van der Waals surface area contributed by atoms with Gasteiger partial charge in [-0.2, -0.15) is 0 Å². The summed E-state index contributed by atoms with van der Waals surface area (Å²) in [5.74, 6) is 0. The highest BCUT2D eigenvalue weighted by atomic mass is 15.1. The van der Waals surface area contributed by atoms with Gasteiger partial charge in [0.05, 0.1) is 0 Å². The van der Waals surface area contributed by atoms with Gasteiger partial charge in [0, 0.05) is 34.1 Å². The van der Waals surface area contributed by atoms with Gasteiger partial charge in [0.1, 0.15) is 0 Å². The van der Waals surface area contributed by atoms with Gasteiger partial charge in [0.25, 0.3) is 0 Å².